The lowest BCUT2D eigenvalue weighted by atomic mass is 10.2. The Balaban J connectivity index is 2.13. The maximum atomic E-state index is 11.0. The van der Waals surface area contributed by atoms with Gasteiger partial charge in [0.2, 0.25) is 0 Å². The minimum Gasteiger partial charge on any atom is -0.545 e. The number of hydrogen-bond donors (Lipinski definition) is 1. The van der Waals surface area contributed by atoms with E-state index < -0.39 is 5.97 Å². The van der Waals surface area contributed by atoms with Crippen LogP contribution in [0.1, 0.15) is 28.4 Å². The average molecular weight is 302 g/mol. The van der Waals surface area contributed by atoms with Crippen LogP contribution in [0.25, 0.3) is 0 Å². The van der Waals surface area contributed by atoms with E-state index in [9.17, 15) is 9.90 Å². The number of nitrogens with zero attached hydrogens (tertiary/aromatic N) is 2. The molecule has 0 amide bonds. The summed E-state index contributed by atoms with van der Waals surface area (Å²) in [5.41, 5.74) is 2.36. The molecule has 2 rings (SSSR count). The van der Waals surface area contributed by atoms with E-state index in [4.69, 9.17) is 0 Å². The van der Waals surface area contributed by atoms with E-state index in [0.29, 0.717) is 17.5 Å². The van der Waals surface area contributed by atoms with Crippen LogP contribution in [-0.2, 0) is 5.75 Å². The van der Waals surface area contributed by atoms with Crippen molar-refractivity contribution in [3.8, 4) is 0 Å². The highest BCUT2D eigenvalue weighted by molar-refractivity contribution is 7.98. The lowest BCUT2D eigenvalue weighted by Gasteiger charge is -2.11. The predicted octanol–water partition coefficient (Wildman–Crippen LogP) is 1.87. The van der Waals surface area contributed by atoms with Gasteiger partial charge in [0.1, 0.15) is 5.82 Å². The Kier molecular flexibility index (Phi) is 5.16. The van der Waals surface area contributed by atoms with Gasteiger partial charge < -0.3 is 15.2 Å². The fourth-order valence-electron chi connectivity index (χ4n) is 1.84. The first-order valence-electron chi connectivity index (χ1n) is 6.60. The molecule has 5 nitrogen and oxygen atoms in total. The van der Waals surface area contributed by atoms with E-state index in [-0.39, 0.29) is 5.56 Å². The normalized spacial score (nSPS) is 10.4. The molecule has 0 aliphatic rings. The Labute approximate surface area is 127 Å². The quantitative estimate of drug-likeness (QED) is 0.648. The number of anilines is 1. The Bertz CT molecular complexity index is 647. The first-order chi connectivity index (χ1) is 10.1. The third-order valence-corrected chi connectivity index (χ3v) is 3.71. The van der Waals surface area contributed by atoms with Gasteiger partial charge in [-0.3, -0.25) is 0 Å². The monoisotopic (exact) mass is 302 g/mol. The van der Waals surface area contributed by atoms with Gasteiger partial charge in [0, 0.05) is 18.5 Å². The van der Waals surface area contributed by atoms with Crippen LogP contribution in [0.2, 0.25) is 0 Å². The highest BCUT2D eigenvalue weighted by Gasteiger charge is 2.08. The molecule has 0 fully saturated rings. The second kappa shape index (κ2) is 7.08. The van der Waals surface area contributed by atoms with Gasteiger partial charge in [-0.05, 0) is 19.4 Å². The van der Waals surface area contributed by atoms with Gasteiger partial charge in [-0.25, -0.2) is 9.97 Å². The van der Waals surface area contributed by atoms with Crippen molar-refractivity contribution in [1.29, 1.82) is 0 Å². The van der Waals surface area contributed by atoms with Gasteiger partial charge in [0.25, 0.3) is 0 Å². The summed E-state index contributed by atoms with van der Waals surface area (Å²) >= 11 is 1.47. The molecule has 2 aromatic rings. The lowest BCUT2D eigenvalue weighted by molar-refractivity contribution is -0.255. The van der Waals surface area contributed by atoms with Crippen LogP contribution in [-0.4, -0.2) is 22.5 Å². The number of carbonyl (C=O) groups excluding carboxylic acids is 1. The summed E-state index contributed by atoms with van der Waals surface area (Å²) in [6.07, 6.45) is 1.29. The summed E-state index contributed by atoms with van der Waals surface area (Å²) in [7, 11) is 0. The summed E-state index contributed by atoms with van der Waals surface area (Å²) in [5, 5.41) is 14.4. The van der Waals surface area contributed by atoms with Crippen molar-refractivity contribution in [3.05, 3.63) is 47.2 Å². The predicted molar refractivity (Wildman–Crippen MR) is 81.3 cm³/mol. The molecular formula is C15H16N3O2S-. The van der Waals surface area contributed by atoms with Crippen molar-refractivity contribution in [2.45, 2.75) is 24.8 Å². The average Bonchev–Trinajstić information content (AvgIpc) is 2.45. The second-order valence-electron chi connectivity index (χ2n) is 4.51. The molecule has 21 heavy (non-hydrogen) atoms. The molecule has 0 aliphatic heterocycles. The molecule has 0 spiro atoms. The molecule has 0 unspecified atom stereocenters. The van der Waals surface area contributed by atoms with Crippen LogP contribution in [0.4, 0.5) is 5.82 Å². The molecular weight excluding hydrogens is 286 g/mol. The molecule has 0 atom stereocenters. The van der Waals surface area contributed by atoms with Gasteiger partial charge in [-0.15, -0.1) is 0 Å². The van der Waals surface area contributed by atoms with Gasteiger partial charge in [0.05, 0.1) is 11.5 Å². The van der Waals surface area contributed by atoms with Crippen LogP contribution in [0, 0.1) is 6.92 Å². The van der Waals surface area contributed by atoms with Crippen molar-refractivity contribution in [2.24, 2.45) is 0 Å². The molecule has 1 heterocycles. The summed E-state index contributed by atoms with van der Waals surface area (Å²) in [5.74, 6) is -0.238. The minimum atomic E-state index is -1.28. The zero-order valence-electron chi connectivity index (χ0n) is 11.9. The number of carboxylic acid groups (broad SMARTS) is 1. The number of thioether (sulfide) groups is 1. The van der Waals surface area contributed by atoms with Gasteiger partial charge >= 0.3 is 0 Å². The molecule has 0 aliphatic carbocycles. The van der Waals surface area contributed by atoms with Crippen molar-refractivity contribution in [1.82, 2.24) is 9.97 Å². The Hall–Kier alpha value is -2.08. The number of aryl methyl sites for hydroxylation is 1. The molecule has 1 aromatic carbocycles. The number of aromatic nitrogens is 2. The van der Waals surface area contributed by atoms with Crippen LogP contribution in [0.3, 0.4) is 0 Å². The molecule has 0 saturated heterocycles. The van der Waals surface area contributed by atoms with Crippen LogP contribution in [0.15, 0.2) is 35.6 Å². The number of carboxylic acids is 1. The minimum absolute atomic E-state index is 0.0169. The first-order valence-corrected chi connectivity index (χ1v) is 7.59. The largest absolute Gasteiger partial charge is 0.545 e. The zero-order chi connectivity index (χ0) is 15.2. The molecule has 1 aromatic heterocycles. The summed E-state index contributed by atoms with van der Waals surface area (Å²) in [4.78, 5) is 19.3. The van der Waals surface area contributed by atoms with Crippen molar-refractivity contribution in [3.63, 3.8) is 0 Å². The third-order valence-electron chi connectivity index (χ3n) is 2.78. The smallest absolute Gasteiger partial charge is 0.189 e. The number of nitrogens with one attached hydrogen (secondary N) is 1. The number of benzene rings is 1. The highest BCUT2D eigenvalue weighted by atomic mass is 32.2. The van der Waals surface area contributed by atoms with Crippen molar-refractivity contribution >= 4 is 23.5 Å². The number of hydrogen-bond acceptors (Lipinski definition) is 6. The number of carbonyl (C=O) groups is 1. The topological polar surface area (TPSA) is 77.9 Å². The Morgan fingerprint density at radius 1 is 1.43 bits per heavy atom. The van der Waals surface area contributed by atoms with E-state index >= 15 is 0 Å². The van der Waals surface area contributed by atoms with Crippen LogP contribution >= 0.6 is 11.8 Å². The zero-order valence-corrected chi connectivity index (χ0v) is 12.7. The molecule has 1 N–H and O–H groups in total. The summed E-state index contributed by atoms with van der Waals surface area (Å²) < 4.78 is 0. The maximum absolute atomic E-state index is 11.0. The molecule has 0 saturated carbocycles. The lowest BCUT2D eigenvalue weighted by Crippen LogP contribution is -2.24. The van der Waals surface area contributed by atoms with Gasteiger partial charge in [-0.2, -0.15) is 0 Å². The van der Waals surface area contributed by atoms with E-state index in [2.05, 4.69) is 21.4 Å². The number of rotatable bonds is 6. The molecule has 0 bridgehead atoms. The first kappa shape index (κ1) is 15.3. The number of aromatic carboxylic acids is 1. The van der Waals surface area contributed by atoms with Crippen molar-refractivity contribution in [2.75, 3.05) is 11.9 Å². The van der Waals surface area contributed by atoms with Crippen LogP contribution < -0.4 is 10.4 Å². The third kappa shape index (κ3) is 4.19. The maximum Gasteiger partial charge on any atom is 0.189 e. The van der Waals surface area contributed by atoms with Crippen LogP contribution in [0.5, 0.6) is 0 Å². The SMILES string of the molecule is CCNc1nc(SCc2cccc(C)c2)ncc1C(=O)[O-]. The summed E-state index contributed by atoms with van der Waals surface area (Å²) in [6.45, 7) is 4.50. The Morgan fingerprint density at radius 3 is 2.90 bits per heavy atom. The standard InChI is InChI=1S/C15H17N3O2S/c1-3-16-13-12(14(19)20)8-17-15(18-13)21-9-11-6-4-5-10(2)7-11/h4-8H,3,9H2,1-2H3,(H,19,20)(H,16,17,18)/p-1. The molecule has 0 radical (unpaired) electrons. The Morgan fingerprint density at radius 2 is 2.24 bits per heavy atom. The van der Waals surface area contributed by atoms with Crippen molar-refractivity contribution < 1.29 is 9.90 Å². The highest BCUT2D eigenvalue weighted by Crippen LogP contribution is 2.22. The van der Waals surface area contributed by atoms with Gasteiger partial charge in [0.15, 0.2) is 5.16 Å². The van der Waals surface area contributed by atoms with E-state index in [1.54, 1.807) is 0 Å². The fraction of sp³-hybridized carbons (Fsp3) is 0.267. The molecule has 6 heteroatoms. The van der Waals surface area contributed by atoms with E-state index in [1.807, 2.05) is 32.0 Å². The second-order valence-corrected chi connectivity index (χ2v) is 5.45. The van der Waals surface area contributed by atoms with Gasteiger partial charge in [-0.1, -0.05) is 41.6 Å². The molecule has 110 valence electrons. The fourth-order valence-corrected chi connectivity index (χ4v) is 2.59. The van der Waals surface area contributed by atoms with E-state index in [0.717, 1.165) is 5.75 Å². The summed E-state index contributed by atoms with van der Waals surface area (Å²) in [6, 6.07) is 8.20. The van der Waals surface area contributed by atoms with E-state index in [1.165, 1.54) is 29.1 Å².